The fourth-order valence-electron chi connectivity index (χ4n) is 2.50. The number of carboxylic acids is 1. The lowest BCUT2D eigenvalue weighted by molar-refractivity contribution is 0.0696. The molecule has 1 aromatic heterocycles. The molecule has 0 saturated carbocycles. The van der Waals surface area contributed by atoms with Gasteiger partial charge in [-0.25, -0.2) is 9.48 Å². The van der Waals surface area contributed by atoms with Gasteiger partial charge in [-0.3, -0.25) is 0 Å². The van der Waals surface area contributed by atoms with Gasteiger partial charge in [-0.05, 0) is 30.2 Å². The normalized spacial score (nSPS) is 13.4. The predicted molar refractivity (Wildman–Crippen MR) is 87.6 cm³/mol. The minimum Gasteiger partial charge on any atom is -0.478 e. The molecule has 0 bridgehead atoms. The molecule has 0 fully saturated rings. The molecular weight excluding hydrogens is 306 g/mol. The summed E-state index contributed by atoms with van der Waals surface area (Å²) in [5.41, 5.74) is 0.936. The monoisotopic (exact) mass is 323 g/mol. The quantitative estimate of drug-likeness (QED) is 0.752. The summed E-state index contributed by atoms with van der Waals surface area (Å²) in [4.78, 5) is 11.0. The van der Waals surface area contributed by atoms with Crippen LogP contribution in [0.3, 0.4) is 0 Å². The number of hydrogen-bond donors (Lipinski definition) is 2. The Balaban J connectivity index is 1.83. The van der Waals surface area contributed by atoms with Crippen molar-refractivity contribution in [2.75, 3.05) is 0 Å². The smallest absolute Gasteiger partial charge is 0.335 e. The number of carboxylic acid groups (broad SMARTS) is 1. The lowest BCUT2D eigenvalue weighted by Gasteiger charge is -2.20. The van der Waals surface area contributed by atoms with Gasteiger partial charge in [0.15, 0.2) is 0 Å². The van der Waals surface area contributed by atoms with Crippen LogP contribution in [0, 0.1) is 0 Å². The van der Waals surface area contributed by atoms with Gasteiger partial charge in [-0.15, -0.1) is 5.10 Å². The number of hydrogen-bond acceptors (Lipinski definition) is 4. The topological polar surface area (TPSA) is 88.2 Å². The summed E-state index contributed by atoms with van der Waals surface area (Å²) in [5.74, 6) is -0.969. The number of aliphatic hydroxyl groups is 1. The van der Waals surface area contributed by atoms with Crippen molar-refractivity contribution in [3.05, 3.63) is 83.2 Å². The van der Waals surface area contributed by atoms with Gasteiger partial charge in [0.2, 0.25) is 0 Å². The van der Waals surface area contributed by atoms with Crippen molar-refractivity contribution < 1.29 is 15.0 Å². The van der Waals surface area contributed by atoms with Crippen molar-refractivity contribution in [3.8, 4) is 0 Å². The minimum absolute atomic E-state index is 0.226. The molecule has 1 atom stereocenters. The van der Waals surface area contributed by atoms with Crippen LogP contribution in [0.5, 0.6) is 0 Å². The lowest BCUT2D eigenvalue weighted by Crippen LogP contribution is -2.23. The first-order chi connectivity index (χ1) is 11.5. The van der Waals surface area contributed by atoms with E-state index in [0.717, 1.165) is 11.1 Å². The number of nitrogens with zero attached hydrogens (tertiary/aromatic N) is 3. The number of carbonyl (C=O) groups is 1. The van der Waals surface area contributed by atoms with Crippen molar-refractivity contribution in [3.63, 3.8) is 0 Å². The summed E-state index contributed by atoms with van der Waals surface area (Å²) in [6, 6.07) is 15.9. The van der Waals surface area contributed by atoms with E-state index in [2.05, 4.69) is 10.3 Å². The summed E-state index contributed by atoms with van der Waals surface area (Å²) in [7, 11) is 0. The van der Waals surface area contributed by atoms with Crippen molar-refractivity contribution in [2.45, 2.75) is 19.1 Å². The number of rotatable bonds is 5. The van der Waals surface area contributed by atoms with Crippen molar-refractivity contribution in [1.29, 1.82) is 0 Å². The highest BCUT2D eigenvalue weighted by Gasteiger charge is 2.28. The third-order valence-electron chi connectivity index (χ3n) is 3.89. The Labute approximate surface area is 139 Å². The predicted octanol–water partition coefficient (Wildman–Crippen LogP) is 2.28. The zero-order chi connectivity index (χ0) is 17.2. The molecule has 0 saturated heterocycles. The second-order valence-electron chi connectivity index (χ2n) is 5.75. The Morgan fingerprint density at radius 2 is 1.92 bits per heavy atom. The molecule has 122 valence electrons. The fourth-order valence-corrected chi connectivity index (χ4v) is 2.50. The number of benzene rings is 2. The fraction of sp³-hybridized carbons (Fsp3) is 0.167. The Kier molecular flexibility index (Phi) is 4.14. The molecule has 2 N–H and O–H groups in total. The van der Waals surface area contributed by atoms with Gasteiger partial charge in [0.1, 0.15) is 11.3 Å². The summed E-state index contributed by atoms with van der Waals surface area (Å²) >= 11 is 0. The second kappa shape index (κ2) is 6.25. The summed E-state index contributed by atoms with van der Waals surface area (Å²) in [5, 5.41) is 27.9. The first-order valence-corrected chi connectivity index (χ1v) is 7.47. The molecule has 24 heavy (non-hydrogen) atoms. The van der Waals surface area contributed by atoms with Crippen molar-refractivity contribution >= 4 is 5.97 Å². The van der Waals surface area contributed by atoms with E-state index in [0.29, 0.717) is 12.2 Å². The van der Waals surface area contributed by atoms with Crippen LogP contribution in [0.4, 0.5) is 0 Å². The Hall–Kier alpha value is -2.99. The van der Waals surface area contributed by atoms with Gasteiger partial charge in [0.25, 0.3) is 0 Å². The van der Waals surface area contributed by atoms with E-state index in [1.807, 2.05) is 36.4 Å². The third-order valence-corrected chi connectivity index (χ3v) is 3.89. The molecule has 1 unspecified atom stereocenters. The first-order valence-electron chi connectivity index (χ1n) is 7.47. The highest BCUT2D eigenvalue weighted by atomic mass is 16.4. The van der Waals surface area contributed by atoms with Gasteiger partial charge in [-0.1, -0.05) is 47.7 Å². The van der Waals surface area contributed by atoms with E-state index in [-0.39, 0.29) is 5.56 Å². The molecule has 3 aromatic rings. The molecule has 6 heteroatoms. The Morgan fingerprint density at radius 3 is 2.62 bits per heavy atom. The van der Waals surface area contributed by atoms with Crippen molar-refractivity contribution in [2.24, 2.45) is 0 Å². The van der Waals surface area contributed by atoms with E-state index >= 15 is 0 Å². The Bertz CT molecular complexity index is 857. The van der Waals surface area contributed by atoms with Gasteiger partial charge in [0.05, 0.1) is 18.3 Å². The van der Waals surface area contributed by atoms with Crippen LogP contribution in [0.25, 0.3) is 0 Å². The van der Waals surface area contributed by atoms with E-state index in [1.165, 1.54) is 0 Å². The molecule has 2 aromatic carbocycles. The highest BCUT2D eigenvalue weighted by molar-refractivity contribution is 5.87. The summed E-state index contributed by atoms with van der Waals surface area (Å²) in [6.07, 6.45) is 1.67. The lowest BCUT2D eigenvalue weighted by atomic mass is 9.93. The summed E-state index contributed by atoms with van der Waals surface area (Å²) < 4.78 is 1.58. The molecule has 0 spiro atoms. The van der Waals surface area contributed by atoms with Crippen LogP contribution in [-0.4, -0.2) is 31.2 Å². The van der Waals surface area contributed by atoms with E-state index < -0.39 is 11.6 Å². The van der Waals surface area contributed by atoms with Crippen LogP contribution in [0.1, 0.15) is 34.1 Å². The van der Waals surface area contributed by atoms with E-state index in [9.17, 15) is 9.90 Å². The largest absolute Gasteiger partial charge is 0.478 e. The Morgan fingerprint density at radius 1 is 1.17 bits per heavy atom. The standard InChI is InChI=1S/C18H17N3O3/c1-18(24,15-8-3-2-4-9-15)16-12-21(20-19-16)11-13-6-5-7-14(10-13)17(22)23/h2-10,12,24H,11H2,1H3,(H,22,23). The molecule has 3 rings (SSSR count). The van der Waals surface area contributed by atoms with Crippen LogP contribution >= 0.6 is 0 Å². The highest BCUT2D eigenvalue weighted by Crippen LogP contribution is 2.27. The number of aromatic nitrogens is 3. The van der Waals surface area contributed by atoms with Gasteiger partial charge in [-0.2, -0.15) is 0 Å². The van der Waals surface area contributed by atoms with Crippen molar-refractivity contribution in [1.82, 2.24) is 15.0 Å². The maximum atomic E-state index is 11.0. The molecule has 0 aliphatic rings. The molecule has 0 aliphatic carbocycles. The van der Waals surface area contributed by atoms with Gasteiger partial charge < -0.3 is 10.2 Å². The van der Waals surface area contributed by atoms with Gasteiger partial charge >= 0.3 is 5.97 Å². The van der Waals surface area contributed by atoms with Crippen LogP contribution in [0.2, 0.25) is 0 Å². The van der Waals surface area contributed by atoms with Crippen LogP contribution in [-0.2, 0) is 12.1 Å². The average Bonchev–Trinajstić information content (AvgIpc) is 3.05. The zero-order valence-electron chi connectivity index (χ0n) is 13.1. The van der Waals surface area contributed by atoms with Crippen LogP contribution < -0.4 is 0 Å². The van der Waals surface area contributed by atoms with E-state index in [1.54, 1.807) is 36.0 Å². The summed E-state index contributed by atoms with van der Waals surface area (Å²) in [6.45, 7) is 2.04. The van der Waals surface area contributed by atoms with Crippen LogP contribution in [0.15, 0.2) is 60.8 Å². The molecule has 0 amide bonds. The molecule has 1 heterocycles. The molecule has 6 nitrogen and oxygen atoms in total. The average molecular weight is 323 g/mol. The first kappa shape index (κ1) is 15.9. The molecular formula is C18H17N3O3. The number of aromatic carboxylic acids is 1. The SMILES string of the molecule is CC(O)(c1ccccc1)c1cn(Cc2cccc(C(=O)O)c2)nn1. The second-order valence-corrected chi connectivity index (χ2v) is 5.75. The van der Waals surface area contributed by atoms with E-state index in [4.69, 9.17) is 5.11 Å². The van der Waals surface area contributed by atoms with Gasteiger partial charge in [0, 0.05) is 0 Å². The minimum atomic E-state index is -1.25. The zero-order valence-corrected chi connectivity index (χ0v) is 13.1. The molecule has 0 radical (unpaired) electrons. The third kappa shape index (κ3) is 3.18. The molecule has 0 aliphatic heterocycles. The maximum absolute atomic E-state index is 11.0. The maximum Gasteiger partial charge on any atom is 0.335 e.